The zero-order valence-electron chi connectivity index (χ0n) is 9.87. The van der Waals surface area contributed by atoms with E-state index in [-0.39, 0.29) is 18.5 Å². The third kappa shape index (κ3) is 5.02. The van der Waals surface area contributed by atoms with Gasteiger partial charge in [0.15, 0.2) is 0 Å². The van der Waals surface area contributed by atoms with E-state index in [1.54, 1.807) is 6.08 Å². The highest BCUT2D eigenvalue weighted by Crippen LogP contribution is 2.16. The third-order valence-electron chi connectivity index (χ3n) is 2.30. The molecule has 0 radical (unpaired) electrons. The van der Waals surface area contributed by atoms with Crippen molar-refractivity contribution in [3.8, 4) is 0 Å². The minimum absolute atomic E-state index is 0.0423. The van der Waals surface area contributed by atoms with Gasteiger partial charge in [-0.05, 0) is 24.6 Å². The molecule has 92 valence electrons. The molecule has 0 aromatic heterocycles. The Hall–Kier alpha value is -1.32. The number of amides is 1. The van der Waals surface area contributed by atoms with Gasteiger partial charge in [0.2, 0.25) is 5.91 Å². The molecule has 1 atom stereocenters. The Kier molecular flexibility index (Phi) is 5.73. The molecule has 1 amide bonds. The van der Waals surface area contributed by atoms with E-state index in [1.807, 2.05) is 31.2 Å². The van der Waals surface area contributed by atoms with E-state index >= 15 is 0 Å². The van der Waals surface area contributed by atoms with Gasteiger partial charge in [0.25, 0.3) is 0 Å². The van der Waals surface area contributed by atoms with Crippen LogP contribution in [-0.4, -0.2) is 19.0 Å². The summed E-state index contributed by atoms with van der Waals surface area (Å²) >= 11 is 5.89. The van der Waals surface area contributed by atoms with Crippen LogP contribution in [0.3, 0.4) is 0 Å². The monoisotopic (exact) mass is 252 g/mol. The minimum atomic E-state index is -0.0493. The second-order valence-electron chi connectivity index (χ2n) is 3.76. The first-order valence-electron chi connectivity index (χ1n) is 5.50. The predicted molar refractivity (Wildman–Crippen MR) is 71.1 cm³/mol. The maximum absolute atomic E-state index is 11.5. The van der Waals surface area contributed by atoms with Gasteiger partial charge in [0.1, 0.15) is 0 Å². The molecule has 0 heterocycles. The van der Waals surface area contributed by atoms with Crippen LogP contribution in [0.15, 0.2) is 36.9 Å². The first-order chi connectivity index (χ1) is 8.13. The highest BCUT2D eigenvalue weighted by molar-refractivity contribution is 6.30. The summed E-state index contributed by atoms with van der Waals surface area (Å²) in [6, 6.07) is 7.42. The molecule has 0 bridgehead atoms. The Labute approximate surface area is 107 Å². The molecule has 0 aliphatic rings. The van der Waals surface area contributed by atoms with E-state index in [9.17, 15) is 4.79 Å². The summed E-state index contributed by atoms with van der Waals surface area (Å²) in [6.45, 7) is 6.41. The molecule has 2 N–H and O–H groups in total. The largest absolute Gasteiger partial charge is 0.348 e. The van der Waals surface area contributed by atoms with Crippen molar-refractivity contribution in [3.05, 3.63) is 47.5 Å². The van der Waals surface area contributed by atoms with Crippen LogP contribution in [0.5, 0.6) is 0 Å². The van der Waals surface area contributed by atoms with Crippen LogP contribution in [-0.2, 0) is 4.79 Å². The average molecular weight is 253 g/mol. The van der Waals surface area contributed by atoms with Crippen molar-refractivity contribution in [2.24, 2.45) is 0 Å². The van der Waals surface area contributed by atoms with E-state index in [0.29, 0.717) is 11.6 Å². The fourth-order valence-electron chi connectivity index (χ4n) is 1.44. The smallest absolute Gasteiger partial charge is 0.234 e. The molecule has 1 unspecified atom stereocenters. The second kappa shape index (κ2) is 7.09. The van der Waals surface area contributed by atoms with Gasteiger partial charge in [-0.15, -0.1) is 6.58 Å². The lowest BCUT2D eigenvalue weighted by molar-refractivity contribution is -0.120. The van der Waals surface area contributed by atoms with Crippen molar-refractivity contribution in [3.63, 3.8) is 0 Å². The van der Waals surface area contributed by atoms with Gasteiger partial charge in [-0.2, -0.15) is 0 Å². The van der Waals surface area contributed by atoms with Crippen LogP contribution in [0.4, 0.5) is 0 Å². The highest BCUT2D eigenvalue weighted by Gasteiger charge is 2.08. The summed E-state index contributed by atoms with van der Waals surface area (Å²) in [5.41, 5.74) is 0.995. The average Bonchev–Trinajstić information content (AvgIpc) is 2.29. The first-order valence-corrected chi connectivity index (χ1v) is 5.87. The number of hydrogen-bond acceptors (Lipinski definition) is 2. The zero-order chi connectivity index (χ0) is 12.7. The molecule has 1 aromatic carbocycles. The Balaban J connectivity index is 2.45. The van der Waals surface area contributed by atoms with Gasteiger partial charge in [-0.3, -0.25) is 4.79 Å². The minimum Gasteiger partial charge on any atom is -0.348 e. The Morgan fingerprint density at radius 1 is 1.59 bits per heavy atom. The molecule has 0 saturated carbocycles. The molecule has 17 heavy (non-hydrogen) atoms. The number of benzene rings is 1. The summed E-state index contributed by atoms with van der Waals surface area (Å²) < 4.78 is 0. The third-order valence-corrected chi connectivity index (χ3v) is 2.54. The van der Waals surface area contributed by atoms with Crippen LogP contribution in [0, 0.1) is 0 Å². The lowest BCUT2D eigenvalue weighted by Crippen LogP contribution is -2.35. The maximum atomic E-state index is 11.5. The van der Waals surface area contributed by atoms with Crippen LogP contribution >= 0.6 is 11.6 Å². The molecule has 0 spiro atoms. The Bertz CT molecular complexity index is 393. The van der Waals surface area contributed by atoms with Crippen molar-refractivity contribution >= 4 is 17.5 Å². The number of hydrogen-bond donors (Lipinski definition) is 2. The van der Waals surface area contributed by atoms with Crippen molar-refractivity contribution in [1.82, 2.24) is 10.6 Å². The van der Waals surface area contributed by atoms with E-state index in [1.165, 1.54) is 0 Å². The molecule has 0 saturated heterocycles. The Morgan fingerprint density at radius 3 is 3.00 bits per heavy atom. The zero-order valence-corrected chi connectivity index (χ0v) is 10.6. The topological polar surface area (TPSA) is 41.1 Å². The molecular formula is C13H17ClN2O. The lowest BCUT2D eigenvalue weighted by Gasteiger charge is -2.14. The molecule has 0 aliphatic carbocycles. The molecular weight excluding hydrogens is 236 g/mol. The summed E-state index contributed by atoms with van der Waals surface area (Å²) in [4.78, 5) is 11.5. The standard InChI is InChI=1S/C13H17ClN2O/c1-3-7-15-9-13(17)16-10(2)11-5-4-6-12(14)8-11/h3-6,8,10,15H,1,7,9H2,2H3,(H,16,17). The molecule has 0 aliphatic heterocycles. The fourth-order valence-corrected chi connectivity index (χ4v) is 1.64. The summed E-state index contributed by atoms with van der Waals surface area (Å²) in [5, 5.41) is 6.51. The van der Waals surface area contributed by atoms with Gasteiger partial charge in [0.05, 0.1) is 12.6 Å². The second-order valence-corrected chi connectivity index (χ2v) is 4.20. The first kappa shape index (κ1) is 13.7. The summed E-state index contributed by atoms with van der Waals surface area (Å²) in [5.74, 6) is -0.0423. The van der Waals surface area contributed by atoms with Gasteiger partial charge in [-0.1, -0.05) is 29.8 Å². The van der Waals surface area contributed by atoms with Crippen LogP contribution in [0.25, 0.3) is 0 Å². The maximum Gasteiger partial charge on any atom is 0.234 e. The van der Waals surface area contributed by atoms with Crippen molar-refractivity contribution < 1.29 is 4.79 Å². The lowest BCUT2D eigenvalue weighted by atomic mass is 10.1. The van der Waals surface area contributed by atoms with E-state index in [0.717, 1.165) is 5.56 Å². The van der Waals surface area contributed by atoms with Gasteiger partial charge < -0.3 is 10.6 Å². The van der Waals surface area contributed by atoms with Crippen molar-refractivity contribution in [2.45, 2.75) is 13.0 Å². The number of carbonyl (C=O) groups is 1. The van der Waals surface area contributed by atoms with Crippen LogP contribution < -0.4 is 10.6 Å². The fraction of sp³-hybridized carbons (Fsp3) is 0.308. The summed E-state index contributed by atoms with van der Waals surface area (Å²) in [7, 11) is 0. The van der Waals surface area contributed by atoms with Crippen molar-refractivity contribution in [2.75, 3.05) is 13.1 Å². The van der Waals surface area contributed by atoms with Gasteiger partial charge in [-0.25, -0.2) is 0 Å². The quantitative estimate of drug-likeness (QED) is 0.603. The van der Waals surface area contributed by atoms with E-state index in [4.69, 9.17) is 11.6 Å². The SMILES string of the molecule is C=CCNCC(=O)NC(C)c1cccc(Cl)c1. The molecule has 1 aromatic rings. The van der Waals surface area contributed by atoms with Crippen molar-refractivity contribution in [1.29, 1.82) is 0 Å². The van der Waals surface area contributed by atoms with E-state index in [2.05, 4.69) is 17.2 Å². The Morgan fingerprint density at radius 2 is 2.35 bits per heavy atom. The number of rotatable bonds is 6. The van der Waals surface area contributed by atoms with Crippen LogP contribution in [0.1, 0.15) is 18.5 Å². The number of halogens is 1. The van der Waals surface area contributed by atoms with Gasteiger partial charge in [0, 0.05) is 11.6 Å². The summed E-state index contributed by atoms with van der Waals surface area (Å²) in [6.07, 6.45) is 1.72. The molecule has 3 nitrogen and oxygen atoms in total. The highest BCUT2D eigenvalue weighted by atomic mass is 35.5. The number of carbonyl (C=O) groups excluding carboxylic acids is 1. The normalized spacial score (nSPS) is 11.9. The van der Waals surface area contributed by atoms with Crippen LogP contribution in [0.2, 0.25) is 5.02 Å². The molecule has 1 rings (SSSR count). The molecule has 4 heteroatoms. The van der Waals surface area contributed by atoms with Gasteiger partial charge >= 0.3 is 0 Å². The number of nitrogens with one attached hydrogen (secondary N) is 2. The van der Waals surface area contributed by atoms with E-state index < -0.39 is 0 Å². The molecule has 0 fully saturated rings. The predicted octanol–water partition coefficient (Wildman–Crippen LogP) is 2.29.